The number of hydrogen-bond acceptors (Lipinski definition) is 4. The molecule has 0 aliphatic heterocycles. The normalized spacial score (nSPS) is 16.0. The van der Waals surface area contributed by atoms with Crippen LogP contribution in [0.2, 0.25) is 0 Å². The van der Waals surface area contributed by atoms with Gasteiger partial charge in [0, 0.05) is 5.92 Å². The molecule has 1 heterocycles. The van der Waals surface area contributed by atoms with Crippen molar-refractivity contribution in [2.45, 2.75) is 18.8 Å². The lowest BCUT2D eigenvalue weighted by Gasteiger charge is -1.85. The maximum Gasteiger partial charge on any atom is 0.240 e. The van der Waals surface area contributed by atoms with Crippen LogP contribution in [-0.4, -0.2) is 11.2 Å². The molecule has 4 nitrogen and oxygen atoms in total. The summed E-state index contributed by atoms with van der Waals surface area (Å²) in [6.07, 6.45) is 5.08. The van der Waals surface area contributed by atoms with Crippen molar-refractivity contribution in [1.82, 2.24) is 5.16 Å². The molecule has 11 heavy (non-hydrogen) atoms. The van der Waals surface area contributed by atoms with E-state index in [-0.39, 0.29) is 0 Å². The molecule has 0 spiro atoms. The standard InChI is InChI=1S/C7H6N2O2/c10-4-8-6-3-11-9-7(6)5-1-2-5/h3,5H,1-2H2. The summed E-state index contributed by atoms with van der Waals surface area (Å²) in [7, 11) is 0. The maximum atomic E-state index is 9.91. The Morgan fingerprint density at radius 2 is 2.55 bits per heavy atom. The van der Waals surface area contributed by atoms with E-state index in [0.29, 0.717) is 11.6 Å². The Balaban J connectivity index is 2.36. The van der Waals surface area contributed by atoms with Crippen molar-refractivity contribution in [3.63, 3.8) is 0 Å². The van der Waals surface area contributed by atoms with Crippen molar-refractivity contribution >= 4 is 11.8 Å². The zero-order chi connectivity index (χ0) is 7.68. The number of aromatic nitrogens is 1. The quantitative estimate of drug-likeness (QED) is 0.474. The predicted octanol–water partition coefficient (Wildman–Crippen LogP) is 1.52. The molecule has 2 rings (SSSR count). The van der Waals surface area contributed by atoms with Crippen LogP contribution in [0.4, 0.5) is 5.69 Å². The SMILES string of the molecule is O=C=Nc1conc1C1CC1. The average Bonchev–Trinajstić information content (AvgIpc) is 2.75. The molecule has 0 atom stereocenters. The summed E-state index contributed by atoms with van der Waals surface area (Å²) < 4.78 is 4.68. The number of hydrogen-bond donors (Lipinski definition) is 0. The highest BCUT2D eigenvalue weighted by Crippen LogP contribution is 2.43. The topological polar surface area (TPSA) is 55.5 Å². The third kappa shape index (κ3) is 1.08. The summed E-state index contributed by atoms with van der Waals surface area (Å²) in [4.78, 5) is 13.4. The smallest absolute Gasteiger partial charge is 0.240 e. The minimum Gasteiger partial charge on any atom is -0.362 e. The van der Waals surface area contributed by atoms with E-state index in [1.54, 1.807) is 0 Å². The Morgan fingerprint density at radius 1 is 1.73 bits per heavy atom. The molecule has 56 valence electrons. The van der Waals surface area contributed by atoms with Gasteiger partial charge in [0.1, 0.15) is 11.4 Å². The van der Waals surface area contributed by atoms with E-state index >= 15 is 0 Å². The van der Waals surface area contributed by atoms with Crippen molar-refractivity contribution in [3.05, 3.63) is 12.0 Å². The number of isocyanates is 1. The molecule has 0 radical (unpaired) electrons. The van der Waals surface area contributed by atoms with Crippen LogP contribution in [0.1, 0.15) is 24.5 Å². The van der Waals surface area contributed by atoms with Crippen LogP contribution in [0.25, 0.3) is 0 Å². The summed E-state index contributed by atoms with van der Waals surface area (Å²) in [5.41, 5.74) is 1.33. The minimum absolute atomic E-state index is 0.459. The summed E-state index contributed by atoms with van der Waals surface area (Å²) in [6, 6.07) is 0. The van der Waals surface area contributed by atoms with Crippen LogP contribution < -0.4 is 0 Å². The van der Waals surface area contributed by atoms with Crippen molar-refractivity contribution in [2.75, 3.05) is 0 Å². The molecule has 0 unspecified atom stereocenters. The van der Waals surface area contributed by atoms with Crippen molar-refractivity contribution in [2.24, 2.45) is 4.99 Å². The van der Waals surface area contributed by atoms with Gasteiger partial charge in [-0.25, -0.2) is 4.79 Å². The van der Waals surface area contributed by atoms with Crippen LogP contribution >= 0.6 is 0 Å². The molecule has 1 aromatic rings. The van der Waals surface area contributed by atoms with E-state index < -0.39 is 0 Å². The van der Waals surface area contributed by atoms with E-state index in [2.05, 4.69) is 14.7 Å². The lowest BCUT2D eigenvalue weighted by Crippen LogP contribution is -1.76. The maximum absolute atomic E-state index is 9.91. The Morgan fingerprint density at radius 3 is 3.18 bits per heavy atom. The third-order valence-electron chi connectivity index (χ3n) is 1.71. The van der Waals surface area contributed by atoms with Gasteiger partial charge in [-0.2, -0.15) is 4.99 Å². The Hall–Kier alpha value is -1.41. The van der Waals surface area contributed by atoms with Gasteiger partial charge in [0.2, 0.25) is 6.08 Å². The van der Waals surface area contributed by atoms with E-state index in [4.69, 9.17) is 0 Å². The summed E-state index contributed by atoms with van der Waals surface area (Å²) >= 11 is 0. The summed E-state index contributed by atoms with van der Waals surface area (Å²) in [5, 5.41) is 3.75. The zero-order valence-electron chi connectivity index (χ0n) is 5.78. The van der Waals surface area contributed by atoms with Gasteiger partial charge < -0.3 is 4.52 Å². The molecule has 1 saturated carbocycles. The first kappa shape index (κ1) is 6.31. The van der Waals surface area contributed by atoms with Gasteiger partial charge in [-0.15, -0.1) is 0 Å². The first-order valence-electron chi connectivity index (χ1n) is 3.44. The van der Waals surface area contributed by atoms with Gasteiger partial charge in [0.05, 0.1) is 0 Å². The second-order valence-corrected chi connectivity index (χ2v) is 2.56. The Kier molecular flexibility index (Phi) is 1.33. The fourth-order valence-corrected chi connectivity index (χ4v) is 1.01. The first-order valence-corrected chi connectivity index (χ1v) is 3.44. The van der Waals surface area contributed by atoms with Crippen LogP contribution in [-0.2, 0) is 4.79 Å². The van der Waals surface area contributed by atoms with Gasteiger partial charge in [0.15, 0.2) is 6.26 Å². The van der Waals surface area contributed by atoms with Crippen LogP contribution in [0.15, 0.2) is 15.8 Å². The van der Waals surface area contributed by atoms with Crippen molar-refractivity contribution in [1.29, 1.82) is 0 Å². The van der Waals surface area contributed by atoms with Gasteiger partial charge in [-0.1, -0.05) is 5.16 Å². The lowest BCUT2D eigenvalue weighted by atomic mass is 10.3. The predicted molar refractivity (Wildman–Crippen MR) is 36.3 cm³/mol. The molecular weight excluding hydrogens is 144 g/mol. The fraction of sp³-hybridized carbons (Fsp3) is 0.429. The van der Waals surface area contributed by atoms with E-state index in [1.807, 2.05) is 0 Å². The zero-order valence-corrected chi connectivity index (χ0v) is 5.78. The lowest BCUT2D eigenvalue weighted by molar-refractivity contribution is 0.412. The third-order valence-corrected chi connectivity index (χ3v) is 1.71. The second-order valence-electron chi connectivity index (χ2n) is 2.56. The van der Waals surface area contributed by atoms with Gasteiger partial charge in [0.25, 0.3) is 0 Å². The average molecular weight is 150 g/mol. The highest BCUT2D eigenvalue weighted by atomic mass is 16.5. The molecule has 1 aliphatic carbocycles. The Bertz CT molecular complexity index is 308. The van der Waals surface area contributed by atoms with E-state index in [0.717, 1.165) is 18.5 Å². The monoisotopic (exact) mass is 150 g/mol. The Labute approximate surface area is 62.9 Å². The number of carbonyl (C=O) groups excluding carboxylic acids is 1. The van der Waals surface area contributed by atoms with E-state index in [9.17, 15) is 4.79 Å². The van der Waals surface area contributed by atoms with Gasteiger partial charge in [-0.05, 0) is 12.8 Å². The van der Waals surface area contributed by atoms with Gasteiger partial charge in [-0.3, -0.25) is 0 Å². The van der Waals surface area contributed by atoms with Crippen LogP contribution in [0.3, 0.4) is 0 Å². The highest BCUT2D eigenvalue weighted by Gasteiger charge is 2.29. The highest BCUT2D eigenvalue weighted by molar-refractivity contribution is 5.51. The summed E-state index contributed by atoms with van der Waals surface area (Å²) in [5.74, 6) is 0.459. The van der Waals surface area contributed by atoms with E-state index in [1.165, 1.54) is 12.3 Å². The molecule has 4 heteroatoms. The van der Waals surface area contributed by atoms with Crippen LogP contribution in [0, 0.1) is 0 Å². The molecule has 0 N–H and O–H groups in total. The molecule has 1 aliphatic rings. The largest absolute Gasteiger partial charge is 0.362 e. The fourth-order valence-electron chi connectivity index (χ4n) is 1.01. The van der Waals surface area contributed by atoms with Crippen molar-refractivity contribution in [3.8, 4) is 0 Å². The molecule has 0 amide bonds. The minimum atomic E-state index is 0.459. The van der Waals surface area contributed by atoms with Gasteiger partial charge >= 0.3 is 0 Å². The van der Waals surface area contributed by atoms with Crippen LogP contribution in [0.5, 0.6) is 0 Å². The second kappa shape index (κ2) is 2.32. The summed E-state index contributed by atoms with van der Waals surface area (Å²) in [6.45, 7) is 0. The molecule has 1 aromatic heterocycles. The number of rotatable bonds is 2. The molecular formula is C7H6N2O2. The molecule has 0 saturated heterocycles. The number of aliphatic imine (C=N–C) groups is 1. The van der Waals surface area contributed by atoms with Crippen molar-refractivity contribution < 1.29 is 9.32 Å². The first-order chi connectivity index (χ1) is 5.42. The number of nitrogens with zero attached hydrogens (tertiary/aromatic N) is 2. The molecule has 0 aromatic carbocycles. The molecule has 0 bridgehead atoms. The molecule has 1 fully saturated rings.